The van der Waals surface area contributed by atoms with Gasteiger partial charge in [0.15, 0.2) is 5.78 Å². The molecule has 1 aromatic heterocycles. The number of fused-ring (bicyclic) bond motifs is 1. The van der Waals surface area contributed by atoms with Crippen molar-refractivity contribution in [2.24, 2.45) is 11.8 Å². The van der Waals surface area contributed by atoms with E-state index in [9.17, 15) is 14.7 Å². The maximum atomic E-state index is 13.2. The lowest BCUT2D eigenvalue weighted by Gasteiger charge is -2.23. The van der Waals surface area contributed by atoms with Crippen LogP contribution in [0.15, 0.2) is 4.42 Å². The SMILES string of the molecule is COCCN(C)C[C@@H]1CN(C(=O)c2c(C)oc3c2C(=O)CCC3)C[C@@H]1CO. The molecule has 1 fully saturated rings. The number of ketones is 1. The monoisotopic (exact) mass is 378 g/mol. The molecule has 1 N–H and O–H groups in total. The average molecular weight is 378 g/mol. The van der Waals surface area contributed by atoms with Crippen LogP contribution >= 0.6 is 0 Å². The molecule has 1 amide bonds. The second kappa shape index (κ2) is 8.54. The van der Waals surface area contributed by atoms with Gasteiger partial charge in [0.1, 0.15) is 11.5 Å². The number of furan rings is 1. The fraction of sp³-hybridized carbons (Fsp3) is 0.700. The highest BCUT2D eigenvalue weighted by Crippen LogP contribution is 2.32. The standard InChI is InChI=1S/C20H30N2O5/c1-13-18(19-16(24)5-4-6-17(19)27-13)20(25)22-10-14(15(11-22)12-23)9-21(2)7-8-26-3/h14-15,23H,4-12H2,1-3H3/t14-,15-/m1/s1. The molecule has 27 heavy (non-hydrogen) atoms. The average Bonchev–Trinajstić information content (AvgIpc) is 3.20. The smallest absolute Gasteiger partial charge is 0.258 e. The summed E-state index contributed by atoms with van der Waals surface area (Å²) in [5.41, 5.74) is 0.921. The predicted octanol–water partition coefficient (Wildman–Crippen LogP) is 1.37. The first-order valence-corrected chi connectivity index (χ1v) is 9.69. The molecule has 0 aromatic carbocycles. The Labute approximate surface area is 160 Å². The second-order valence-electron chi connectivity index (χ2n) is 7.78. The van der Waals surface area contributed by atoms with E-state index in [1.165, 1.54) is 0 Å². The number of rotatable bonds is 7. The van der Waals surface area contributed by atoms with E-state index in [0.717, 1.165) is 19.5 Å². The molecular weight excluding hydrogens is 348 g/mol. The van der Waals surface area contributed by atoms with Crippen LogP contribution in [0.3, 0.4) is 0 Å². The summed E-state index contributed by atoms with van der Waals surface area (Å²) in [5, 5.41) is 9.79. The van der Waals surface area contributed by atoms with E-state index >= 15 is 0 Å². The van der Waals surface area contributed by atoms with Crippen LogP contribution in [0.25, 0.3) is 0 Å². The van der Waals surface area contributed by atoms with Gasteiger partial charge in [-0.05, 0) is 26.3 Å². The highest BCUT2D eigenvalue weighted by atomic mass is 16.5. The van der Waals surface area contributed by atoms with Crippen molar-refractivity contribution in [2.75, 3.05) is 53.6 Å². The van der Waals surface area contributed by atoms with Gasteiger partial charge in [-0.3, -0.25) is 9.59 Å². The van der Waals surface area contributed by atoms with Crippen LogP contribution in [-0.4, -0.2) is 80.1 Å². The lowest BCUT2D eigenvalue weighted by atomic mass is 9.93. The number of carbonyl (C=O) groups excluding carboxylic acids is 2. The van der Waals surface area contributed by atoms with E-state index in [0.29, 0.717) is 55.2 Å². The van der Waals surface area contributed by atoms with Gasteiger partial charge in [0, 0.05) is 58.7 Å². The molecule has 0 spiro atoms. The minimum Gasteiger partial charge on any atom is -0.465 e. The summed E-state index contributed by atoms with van der Waals surface area (Å²) >= 11 is 0. The van der Waals surface area contributed by atoms with E-state index < -0.39 is 0 Å². The third-order valence-corrected chi connectivity index (χ3v) is 5.78. The molecule has 2 aliphatic rings. The number of Topliss-reactive ketones (excluding diaryl/α,β-unsaturated/α-hetero) is 1. The number of aryl methyl sites for hydroxylation is 2. The Morgan fingerprint density at radius 2 is 2.07 bits per heavy atom. The first-order chi connectivity index (χ1) is 13.0. The van der Waals surface area contributed by atoms with Crippen LogP contribution < -0.4 is 0 Å². The van der Waals surface area contributed by atoms with E-state index in [4.69, 9.17) is 9.15 Å². The molecule has 2 atom stereocenters. The highest BCUT2D eigenvalue weighted by molar-refractivity contribution is 6.10. The number of nitrogens with zero attached hydrogens (tertiary/aromatic N) is 2. The lowest BCUT2D eigenvalue weighted by Crippen LogP contribution is -2.34. The molecule has 2 heterocycles. The Morgan fingerprint density at radius 1 is 1.33 bits per heavy atom. The Hall–Kier alpha value is -1.70. The number of aliphatic hydroxyl groups excluding tert-OH is 1. The van der Waals surface area contributed by atoms with Gasteiger partial charge in [0.25, 0.3) is 5.91 Å². The summed E-state index contributed by atoms with van der Waals surface area (Å²) in [7, 11) is 3.70. The van der Waals surface area contributed by atoms with Gasteiger partial charge in [-0.1, -0.05) is 0 Å². The maximum Gasteiger partial charge on any atom is 0.258 e. The highest BCUT2D eigenvalue weighted by Gasteiger charge is 2.39. The van der Waals surface area contributed by atoms with E-state index in [-0.39, 0.29) is 30.1 Å². The Kier molecular flexibility index (Phi) is 6.34. The molecule has 1 aliphatic heterocycles. The van der Waals surface area contributed by atoms with Gasteiger partial charge >= 0.3 is 0 Å². The zero-order valence-corrected chi connectivity index (χ0v) is 16.5. The first-order valence-electron chi connectivity index (χ1n) is 9.69. The number of aliphatic hydroxyl groups is 1. The number of hydrogen-bond acceptors (Lipinski definition) is 6. The van der Waals surface area contributed by atoms with Crippen LogP contribution in [0, 0.1) is 18.8 Å². The molecule has 0 radical (unpaired) electrons. The van der Waals surface area contributed by atoms with Gasteiger partial charge in [-0.15, -0.1) is 0 Å². The van der Waals surface area contributed by atoms with Crippen molar-refractivity contribution >= 4 is 11.7 Å². The van der Waals surface area contributed by atoms with Gasteiger partial charge < -0.3 is 24.1 Å². The molecule has 150 valence electrons. The Balaban J connectivity index is 1.75. The number of methoxy groups -OCH3 is 1. The van der Waals surface area contributed by atoms with Crippen molar-refractivity contribution in [3.63, 3.8) is 0 Å². The summed E-state index contributed by atoms with van der Waals surface area (Å²) < 4.78 is 10.9. The molecule has 1 aromatic rings. The van der Waals surface area contributed by atoms with Crippen molar-refractivity contribution in [1.29, 1.82) is 0 Å². The van der Waals surface area contributed by atoms with Crippen molar-refractivity contribution < 1.29 is 23.8 Å². The summed E-state index contributed by atoms with van der Waals surface area (Å²) in [4.78, 5) is 29.5. The van der Waals surface area contributed by atoms with Crippen molar-refractivity contribution in [3.05, 3.63) is 22.6 Å². The first kappa shape index (κ1) is 20.0. The molecule has 1 aliphatic carbocycles. The number of likely N-dealkylation sites (tertiary alicyclic amines) is 1. The number of ether oxygens (including phenoxy) is 1. The quantitative estimate of drug-likeness (QED) is 0.772. The number of amides is 1. The molecule has 0 unspecified atom stereocenters. The molecule has 7 nitrogen and oxygen atoms in total. The topological polar surface area (TPSA) is 83.2 Å². The zero-order valence-electron chi connectivity index (χ0n) is 16.5. The minimum absolute atomic E-state index is 0.00482. The van der Waals surface area contributed by atoms with E-state index in [1.807, 2.05) is 7.05 Å². The maximum absolute atomic E-state index is 13.2. The molecule has 1 saturated heterocycles. The van der Waals surface area contributed by atoms with Crippen LogP contribution in [0.2, 0.25) is 0 Å². The number of carbonyl (C=O) groups is 2. The molecule has 3 rings (SSSR count). The summed E-state index contributed by atoms with van der Waals surface area (Å²) in [6.45, 7) is 5.14. The van der Waals surface area contributed by atoms with Crippen LogP contribution in [0.1, 0.15) is 45.1 Å². The predicted molar refractivity (Wildman–Crippen MR) is 100 cm³/mol. The summed E-state index contributed by atoms with van der Waals surface area (Å²) in [6, 6.07) is 0. The second-order valence-corrected chi connectivity index (χ2v) is 7.78. The fourth-order valence-electron chi connectivity index (χ4n) is 4.28. The number of hydrogen-bond donors (Lipinski definition) is 1. The third kappa shape index (κ3) is 4.10. The summed E-state index contributed by atoms with van der Waals surface area (Å²) in [5.74, 6) is 1.28. The van der Waals surface area contributed by atoms with Gasteiger partial charge in [0.2, 0.25) is 0 Å². The molecule has 0 bridgehead atoms. The van der Waals surface area contributed by atoms with Crippen LogP contribution in [0.4, 0.5) is 0 Å². The Bertz CT molecular complexity index is 699. The van der Waals surface area contributed by atoms with E-state index in [1.54, 1.807) is 18.9 Å². The molecule has 0 saturated carbocycles. The van der Waals surface area contributed by atoms with E-state index in [2.05, 4.69) is 4.90 Å². The third-order valence-electron chi connectivity index (χ3n) is 5.78. The molecule has 7 heteroatoms. The van der Waals surface area contributed by atoms with Gasteiger partial charge in [-0.2, -0.15) is 0 Å². The largest absolute Gasteiger partial charge is 0.465 e. The number of likely N-dealkylation sites (N-methyl/N-ethyl adjacent to an activating group) is 1. The Morgan fingerprint density at radius 3 is 2.78 bits per heavy atom. The summed E-state index contributed by atoms with van der Waals surface area (Å²) in [6.07, 6.45) is 1.96. The van der Waals surface area contributed by atoms with Crippen molar-refractivity contribution in [1.82, 2.24) is 9.80 Å². The van der Waals surface area contributed by atoms with Crippen molar-refractivity contribution in [3.8, 4) is 0 Å². The van der Waals surface area contributed by atoms with Gasteiger partial charge in [-0.25, -0.2) is 0 Å². The van der Waals surface area contributed by atoms with Crippen LogP contribution in [-0.2, 0) is 11.2 Å². The normalized spacial score (nSPS) is 22.6. The minimum atomic E-state index is -0.145. The van der Waals surface area contributed by atoms with Crippen molar-refractivity contribution in [2.45, 2.75) is 26.2 Å². The molecular formula is C20H30N2O5. The lowest BCUT2D eigenvalue weighted by molar-refractivity contribution is 0.0771. The zero-order chi connectivity index (χ0) is 19.6. The fourth-order valence-corrected chi connectivity index (χ4v) is 4.28. The van der Waals surface area contributed by atoms with Crippen LogP contribution in [0.5, 0.6) is 0 Å². The van der Waals surface area contributed by atoms with Gasteiger partial charge in [0.05, 0.1) is 17.7 Å².